The summed E-state index contributed by atoms with van der Waals surface area (Å²) in [5.41, 5.74) is 1.53. The van der Waals surface area contributed by atoms with E-state index < -0.39 is 0 Å². The third-order valence-corrected chi connectivity index (χ3v) is 3.46. The van der Waals surface area contributed by atoms with Gasteiger partial charge in [-0.05, 0) is 47.1 Å². The molecule has 0 aliphatic carbocycles. The molecular weight excluding hydrogens is 322 g/mol. The van der Waals surface area contributed by atoms with Crippen LogP contribution in [0.15, 0.2) is 45.7 Å². The van der Waals surface area contributed by atoms with E-state index in [0.717, 1.165) is 16.0 Å². The Balaban J connectivity index is 1.75. The molecule has 0 bridgehead atoms. The first kappa shape index (κ1) is 12.9. The van der Waals surface area contributed by atoms with Crippen LogP contribution < -0.4 is 5.32 Å². The van der Waals surface area contributed by atoms with Crippen LogP contribution in [-0.2, 0) is 11.2 Å². The molecule has 0 saturated heterocycles. The van der Waals surface area contributed by atoms with E-state index in [-0.39, 0.29) is 12.3 Å². The number of nitrogens with zero attached hydrogens (tertiary/aromatic N) is 2. The molecule has 20 heavy (non-hydrogen) atoms. The molecule has 3 aromatic rings. The zero-order valence-corrected chi connectivity index (χ0v) is 12.3. The fraction of sp³-hybridized carbons (Fsp3) is 0.143. The van der Waals surface area contributed by atoms with Crippen LogP contribution >= 0.6 is 15.9 Å². The summed E-state index contributed by atoms with van der Waals surface area (Å²) in [5, 5.41) is 2.84. The number of imidazole rings is 1. The fourth-order valence-electron chi connectivity index (χ4n) is 1.97. The molecule has 0 spiro atoms. The van der Waals surface area contributed by atoms with Crippen molar-refractivity contribution in [1.82, 2.24) is 9.38 Å². The highest BCUT2D eigenvalue weighted by Gasteiger charge is 2.08. The Hall–Kier alpha value is -2.08. The molecule has 3 rings (SSSR count). The normalized spacial score (nSPS) is 10.9. The lowest BCUT2D eigenvalue weighted by molar-refractivity contribution is -0.115. The lowest BCUT2D eigenvalue weighted by atomic mass is 10.3. The molecule has 0 atom stereocenters. The number of anilines is 1. The smallest absolute Gasteiger partial charge is 0.232 e. The lowest BCUT2D eigenvalue weighted by Gasteiger charge is -2.05. The summed E-state index contributed by atoms with van der Waals surface area (Å²) in [6.45, 7) is 1.85. The molecule has 3 heterocycles. The first-order valence-electron chi connectivity index (χ1n) is 6.09. The molecule has 0 saturated carbocycles. The number of halogens is 1. The van der Waals surface area contributed by atoms with Gasteiger partial charge in [0, 0.05) is 6.20 Å². The second-order valence-corrected chi connectivity index (χ2v) is 5.28. The predicted molar refractivity (Wildman–Crippen MR) is 78.7 cm³/mol. The van der Waals surface area contributed by atoms with E-state index in [2.05, 4.69) is 26.2 Å². The Bertz CT molecular complexity index is 776. The van der Waals surface area contributed by atoms with Crippen LogP contribution in [0.3, 0.4) is 0 Å². The van der Waals surface area contributed by atoms with E-state index in [9.17, 15) is 4.79 Å². The molecule has 0 aliphatic rings. The minimum Gasteiger partial charge on any atom is -0.466 e. The minimum absolute atomic E-state index is 0.116. The van der Waals surface area contributed by atoms with Crippen molar-refractivity contribution in [3.8, 4) is 0 Å². The summed E-state index contributed by atoms with van der Waals surface area (Å²) in [4.78, 5) is 16.1. The Morgan fingerprint density at radius 3 is 3.00 bits per heavy atom. The summed E-state index contributed by atoms with van der Waals surface area (Å²) < 4.78 is 8.08. The highest BCUT2D eigenvalue weighted by Crippen LogP contribution is 2.17. The number of aryl methyl sites for hydroxylation is 1. The van der Waals surface area contributed by atoms with Gasteiger partial charge in [-0.15, -0.1) is 0 Å². The Morgan fingerprint density at radius 1 is 1.40 bits per heavy atom. The Kier molecular flexibility index (Phi) is 3.31. The molecular formula is C14H12BrN3O2. The zero-order valence-electron chi connectivity index (χ0n) is 10.8. The summed E-state index contributed by atoms with van der Waals surface area (Å²) in [7, 11) is 0. The van der Waals surface area contributed by atoms with Gasteiger partial charge < -0.3 is 9.73 Å². The van der Waals surface area contributed by atoms with Gasteiger partial charge in [0.15, 0.2) is 0 Å². The predicted octanol–water partition coefficient (Wildman–Crippen LogP) is 3.18. The van der Waals surface area contributed by atoms with Gasteiger partial charge >= 0.3 is 0 Å². The van der Waals surface area contributed by atoms with Crippen molar-refractivity contribution in [2.75, 3.05) is 5.32 Å². The van der Waals surface area contributed by atoms with Gasteiger partial charge in [0.1, 0.15) is 21.8 Å². The first-order valence-corrected chi connectivity index (χ1v) is 6.89. The fourth-order valence-corrected chi connectivity index (χ4v) is 2.35. The SMILES string of the molecule is Cc1ccc(CC(=O)Nc2ccc3ncc(Br)n3c2)o1. The van der Waals surface area contributed by atoms with E-state index in [0.29, 0.717) is 11.4 Å². The number of rotatable bonds is 3. The van der Waals surface area contributed by atoms with Crippen molar-refractivity contribution in [3.05, 3.63) is 52.8 Å². The van der Waals surface area contributed by atoms with E-state index in [1.165, 1.54) is 0 Å². The average molecular weight is 334 g/mol. The second-order valence-electron chi connectivity index (χ2n) is 4.46. The number of fused-ring (bicyclic) bond motifs is 1. The molecule has 1 N–H and O–H groups in total. The van der Waals surface area contributed by atoms with Crippen molar-refractivity contribution in [2.45, 2.75) is 13.3 Å². The zero-order chi connectivity index (χ0) is 14.1. The third kappa shape index (κ3) is 2.60. The number of furan rings is 1. The number of carbonyl (C=O) groups excluding carboxylic acids is 1. The van der Waals surface area contributed by atoms with Gasteiger partial charge in [-0.3, -0.25) is 9.20 Å². The van der Waals surface area contributed by atoms with Gasteiger partial charge in [-0.2, -0.15) is 0 Å². The van der Waals surface area contributed by atoms with Gasteiger partial charge in [0.2, 0.25) is 5.91 Å². The van der Waals surface area contributed by atoms with Crippen LogP contribution in [0.1, 0.15) is 11.5 Å². The molecule has 0 aromatic carbocycles. The highest BCUT2D eigenvalue weighted by atomic mass is 79.9. The molecule has 0 radical (unpaired) electrons. The Morgan fingerprint density at radius 2 is 2.25 bits per heavy atom. The number of pyridine rings is 1. The van der Waals surface area contributed by atoms with Crippen LogP contribution in [0.25, 0.3) is 5.65 Å². The number of nitrogens with one attached hydrogen (secondary N) is 1. The molecule has 0 fully saturated rings. The van der Waals surface area contributed by atoms with E-state index in [1.807, 2.05) is 41.8 Å². The molecule has 1 amide bonds. The maximum Gasteiger partial charge on any atom is 0.232 e. The van der Waals surface area contributed by atoms with Crippen LogP contribution in [-0.4, -0.2) is 15.3 Å². The minimum atomic E-state index is -0.116. The topological polar surface area (TPSA) is 59.5 Å². The van der Waals surface area contributed by atoms with Crippen LogP contribution in [0, 0.1) is 6.92 Å². The number of amides is 1. The van der Waals surface area contributed by atoms with E-state index >= 15 is 0 Å². The summed E-state index contributed by atoms with van der Waals surface area (Å²) in [6.07, 6.45) is 3.75. The molecule has 5 nitrogen and oxygen atoms in total. The van der Waals surface area contributed by atoms with Gasteiger partial charge in [-0.1, -0.05) is 0 Å². The molecule has 0 aliphatic heterocycles. The van der Waals surface area contributed by atoms with Crippen LogP contribution in [0.5, 0.6) is 0 Å². The lowest BCUT2D eigenvalue weighted by Crippen LogP contribution is -2.14. The third-order valence-electron chi connectivity index (χ3n) is 2.88. The van der Waals surface area contributed by atoms with Crippen molar-refractivity contribution in [3.63, 3.8) is 0 Å². The van der Waals surface area contributed by atoms with Gasteiger partial charge in [-0.25, -0.2) is 4.98 Å². The quantitative estimate of drug-likeness (QED) is 0.800. The average Bonchev–Trinajstić information content (AvgIpc) is 2.97. The van der Waals surface area contributed by atoms with E-state index in [1.54, 1.807) is 6.20 Å². The maximum absolute atomic E-state index is 11.9. The highest BCUT2D eigenvalue weighted by molar-refractivity contribution is 9.10. The van der Waals surface area contributed by atoms with Crippen molar-refractivity contribution in [2.24, 2.45) is 0 Å². The van der Waals surface area contributed by atoms with Crippen molar-refractivity contribution >= 4 is 33.2 Å². The van der Waals surface area contributed by atoms with Gasteiger partial charge in [0.05, 0.1) is 18.3 Å². The summed E-state index contributed by atoms with van der Waals surface area (Å²) >= 11 is 3.40. The monoisotopic (exact) mass is 333 g/mol. The molecule has 0 unspecified atom stereocenters. The number of hydrogen-bond acceptors (Lipinski definition) is 3. The maximum atomic E-state index is 11.9. The van der Waals surface area contributed by atoms with E-state index in [4.69, 9.17) is 4.42 Å². The Labute approximate surface area is 123 Å². The number of hydrogen-bond donors (Lipinski definition) is 1. The summed E-state index contributed by atoms with van der Waals surface area (Å²) in [5.74, 6) is 1.34. The van der Waals surface area contributed by atoms with Crippen LogP contribution in [0.2, 0.25) is 0 Å². The van der Waals surface area contributed by atoms with Crippen molar-refractivity contribution in [1.29, 1.82) is 0 Å². The molecule has 6 heteroatoms. The van der Waals surface area contributed by atoms with Gasteiger partial charge in [0.25, 0.3) is 0 Å². The van der Waals surface area contributed by atoms with Crippen LogP contribution in [0.4, 0.5) is 5.69 Å². The molecule has 3 aromatic heterocycles. The standard InChI is InChI=1S/C14H12BrN3O2/c1-9-2-4-11(20-9)6-14(19)17-10-3-5-13-16-7-12(15)18(13)8-10/h2-5,7-8H,6H2,1H3,(H,17,19). The first-order chi connectivity index (χ1) is 9.61. The number of carbonyl (C=O) groups is 1. The summed E-state index contributed by atoms with van der Waals surface area (Å²) in [6, 6.07) is 7.32. The van der Waals surface area contributed by atoms with Crippen molar-refractivity contribution < 1.29 is 9.21 Å². The molecule has 102 valence electrons. The second kappa shape index (κ2) is 5.13. The largest absolute Gasteiger partial charge is 0.466 e. The number of aromatic nitrogens is 2.